The van der Waals surface area contributed by atoms with E-state index in [1.807, 2.05) is 20.8 Å². The predicted octanol–water partition coefficient (Wildman–Crippen LogP) is 2.82. The van der Waals surface area contributed by atoms with E-state index in [2.05, 4.69) is 5.32 Å². The Labute approximate surface area is 174 Å². The molecule has 0 saturated heterocycles. The Bertz CT molecular complexity index is 1040. The first-order valence-corrected chi connectivity index (χ1v) is 10.1. The number of carbonyl (C=O) groups is 2. The van der Waals surface area contributed by atoms with E-state index in [4.69, 9.17) is 19.0 Å². The summed E-state index contributed by atoms with van der Waals surface area (Å²) >= 11 is 0. The summed E-state index contributed by atoms with van der Waals surface area (Å²) in [4.78, 5) is 35.5. The van der Waals surface area contributed by atoms with E-state index in [9.17, 15) is 14.4 Å². The largest absolute Gasteiger partial charge is 0.487 e. The number of hydrogen-bond donors (Lipinski definition) is 2. The van der Waals surface area contributed by atoms with Crippen molar-refractivity contribution in [1.29, 1.82) is 0 Å². The van der Waals surface area contributed by atoms with Crippen LogP contribution in [-0.2, 0) is 22.4 Å². The summed E-state index contributed by atoms with van der Waals surface area (Å²) in [5, 5.41) is 12.2. The number of benzene rings is 1. The molecule has 2 aromatic rings. The first kappa shape index (κ1) is 21.7. The molecule has 1 aromatic carbocycles. The number of hydrogen-bond acceptors (Lipinski definition) is 6. The summed E-state index contributed by atoms with van der Waals surface area (Å²) in [5.74, 6) is -0.731. The molecule has 3 rings (SSSR count). The minimum Gasteiger partial charge on any atom is -0.487 e. The second-order valence-electron chi connectivity index (χ2n) is 8.02. The molecule has 1 aliphatic rings. The van der Waals surface area contributed by atoms with Crippen LogP contribution < -0.4 is 20.4 Å². The Balaban J connectivity index is 2.00. The lowest BCUT2D eigenvalue weighted by molar-refractivity contribution is -0.142. The van der Waals surface area contributed by atoms with Crippen LogP contribution in [0.4, 0.5) is 0 Å². The van der Waals surface area contributed by atoms with Gasteiger partial charge in [0.15, 0.2) is 6.61 Å². The average molecular weight is 417 g/mol. The number of nitrogens with one attached hydrogen (secondary N) is 1. The number of carbonyl (C=O) groups excluding carboxylic acids is 1. The molecular weight excluding hydrogens is 390 g/mol. The van der Waals surface area contributed by atoms with E-state index in [-0.39, 0.29) is 18.6 Å². The minimum atomic E-state index is -1.10. The van der Waals surface area contributed by atoms with Gasteiger partial charge in [-0.2, -0.15) is 0 Å². The van der Waals surface area contributed by atoms with Crippen molar-refractivity contribution in [3.8, 4) is 11.5 Å². The van der Waals surface area contributed by atoms with E-state index in [1.165, 1.54) is 6.07 Å². The molecule has 30 heavy (non-hydrogen) atoms. The number of ether oxygens (including phenoxy) is 2. The zero-order chi connectivity index (χ0) is 22.1. The number of aliphatic carboxylic acids is 1. The molecule has 0 aliphatic carbocycles. The highest BCUT2D eigenvalue weighted by molar-refractivity contribution is 5.92. The van der Waals surface area contributed by atoms with Crippen LogP contribution in [0.1, 0.15) is 51.7 Å². The summed E-state index contributed by atoms with van der Waals surface area (Å²) in [6, 6.07) is 2.17. The quantitative estimate of drug-likeness (QED) is 0.666. The zero-order valence-electron chi connectivity index (χ0n) is 17.7. The van der Waals surface area contributed by atoms with Crippen molar-refractivity contribution < 1.29 is 28.6 Å². The maximum absolute atomic E-state index is 12.2. The average Bonchev–Trinajstić information content (AvgIpc) is 2.68. The molecule has 8 heteroatoms. The molecule has 2 heterocycles. The molecule has 0 fully saturated rings. The van der Waals surface area contributed by atoms with E-state index in [0.29, 0.717) is 35.3 Å². The summed E-state index contributed by atoms with van der Waals surface area (Å²) < 4.78 is 17.4. The van der Waals surface area contributed by atoms with Crippen LogP contribution >= 0.6 is 0 Å². The minimum absolute atomic E-state index is 0.261. The Kier molecular flexibility index (Phi) is 6.05. The van der Waals surface area contributed by atoms with Gasteiger partial charge < -0.3 is 24.3 Å². The molecule has 0 saturated carbocycles. The molecule has 1 atom stereocenters. The number of fused-ring (bicyclic) bond motifs is 3. The standard InChI is InChI=1S/C22H27NO7/c1-5-12-9-18(25)29-20-13-7-8-22(3,4)30-15(13)10-16(19(12)20)28-11-17(24)23-14(6-2)21(26)27/h9-10,14H,5-8,11H2,1-4H3,(H,23,24)(H,26,27)/t14-/m0/s1. The van der Waals surface area contributed by atoms with Crippen molar-refractivity contribution in [3.05, 3.63) is 33.7 Å². The number of carboxylic acids is 1. The fraction of sp³-hybridized carbons (Fsp3) is 0.500. The van der Waals surface area contributed by atoms with E-state index in [0.717, 1.165) is 17.5 Å². The SMILES string of the molecule is CCc1cc(=O)oc2c3c(cc(OCC(=O)N[C@@H](CC)C(=O)O)c12)OC(C)(C)CC3. The molecule has 1 amide bonds. The van der Waals surface area contributed by atoms with Gasteiger partial charge in [-0.25, -0.2) is 9.59 Å². The fourth-order valence-corrected chi connectivity index (χ4v) is 3.63. The van der Waals surface area contributed by atoms with Gasteiger partial charge in [-0.15, -0.1) is 0 Å². The highest BCUT2D eigenvalue weighted by Crippen LogP contribution is 2.42. The summed E-state index contributed by atoms with van der Waals surface area (Å²) in [6.07, 6.45) is 2.29. The van der Waals surface area contributed by atoms with E-state index in [1.54, 1.807) is 13.0 Å². The Morgan fingerprint density at radius 1 is 1.30 bits per heavy atom. The van der Waals surface area contributed by atoms with Gasteiger partial charge >= 0.3 is 11.6 Å². The van der Waals surface area contributed by atoms with Crippen LogP contribution in [-0.4, -0.2) is 35.2 Å². The number of carboxylic acid groups (broad SMARTS) is 1. The van der Waals surface area contributed by atoms with Crippen molar-refractivity contribution in [2.45, 2.75) is 65.0 Å². The second kappa shape index (κ2) is 8.38. The monoisotopic (exact) mass is 417 g/mol. The molecule has 1 aliphatic heterocycles. The number of amides is 1. The maximum Gasteiger partial charge on any atom is 0.336 e. The zero-order valence-corrected chi connectivity index (χ0v) is 17.7. The van der Waals surface area contributed by atoms with Crippen molar-refractivity contribution >= 4 is 22.8 Å². The molecule has 0 unspecified atom stereocenters. The number of aryl methyl sites for hydroxylation is 2. The van der Waals surface area contributed by atoms with Crippen molar-refractivity contribution in [2.75, 3.05) is 6.61 Å². The van der Waals surface area contributed by atoms with Gasteiger partial charge in [0.2, 0.25) is 0 Å². The molecule has 0 bridgehead atoms. The molecule has 1 aromatic heterocycles. The van der Waals surface area contributed by atoms with Gasteiger partial charge in [-0.3, -0.25) is 4.79 Å². The predicted molar refractivity (Wildman–Crippen MR) is 110 cm³/mol. The Morgan fingerprint density at radius 3 is 2.67 bits per heavy atom. The van der Waals surface area contributed by atoms with Crippen LogP contribution in [0.3, 0.4) is 0 Å². The van der Waals surface area contributed by atoms with Gasteiger partial charge in [0, 0.05) is 17.7 Å². The van der Waals surface area contributed by atoms with E-state index < -0.39 is 23.5 Å². The molecule has 0 radical (unpaired) electrons. The van der Waals surface area contributed by atoms with Gasteiger partial charge in [-0.1, -0.05) is 13.8 Å². The van der Waals surface area contributed by atoms with E-state index >= 15 is 0 Å². The highest BCUT2D eigenvalue weighted by Gasteiger charge is 2.31. The van der Waals surface area contributed by atoms with Crippen LogP contribution in [0.5, 0.6) is 11.5 Å². The van der Waals surface area contributed by atoms with Gasteiger partial charge in [-0.05, 0) is 45.1 Å². The second-order valence-corrected chi connectivity index (χ2v) is 8.02. The third kappa shape index (κ3) is 4.42. The van der Waals surface area contributed by atoms with Gasteiger partial charge in [0.05, 0.1) is 5.39 Å². The van der Waals surface area contributed by atoms with Gasteiger partial charge in [0.1, 0.15) is 28.7 Å². The van der Waals surface area contributed by atoms with Gasteiger partial charge in [0.25, 0.3) is 5.91 Å². The smallest absolute Gasteiger partial charge is 0.336 e. The summed E-state index contributed by atoms with van der Waals surface area (Å²) in [5.41, 5.74) is 1.15. The van der Waals surface area contributed by atoms with Crippen LogP contribution in [0.15, 0.2) is 21.3 Å². The maximum atomic E-state index is 12.2. The highest BCUT2D eigenvalue weighted by atomic mass is 16.5. The first-order chi connectivity index (χ1) is 14.1. The third-order valence-corrected chi connectivity index (χ3v) is 5.27. The van der Waals surface area contributed by atoms with Crippen molar-refractivity contribution in [3.63, 3.8) is 0 Å². The van der Waals surface area contributed by atoms with Crippen LogP contribution in [0.2, 0.25) is 0 Å². The Morgan fingerprint density at radius 2 is 2.03 bits per heavy atom. The molecule has 2 N–H and O–H groups in total. The summed E-state index contributed by atoms with van der Waals surface area (Å²) in [6.45, 7) is 7.17. The topological polar surface area (TPSA) is 115 Å². The number of rotatable bonds is 7. The fourth-order valence-electron chi connectivity index (χ4n) is 3.63. The summed E-state index contributed by atoms with van der Waals surface area (Å²) in [7, 11) is 0. The lowest BCUT2D eigenvalue weighted by Crippen LogP contribution is -2.42. The lowest BCUT2D eigenvalue weighted by atomic mass is 9.92. The molecule has 8 nitrogen and oxygen atoms in total. The third-order valence-electron chi connectivity index (χ3n) is 5.27. The first-order valence-electron chi connectivity index (χ1n) is 10.1. The van der Waals surface area contributed by atoms with Crippen LogP contribution in [0.25, 0.3) is 11.0 Å². The normalized spacial score (nSPS) is 15.7. The van der Waals surface area contributed by atoms with Crippen molar-refractivity contribution in [2.24, 2.45) is 0 Å². The molecular formula is C22H27NO7. The molecule has 162 valence electrons. The van der Waals surface area contributed by atoms with Crippen LogP contribution in [0, 0.1) is 0 Å². The Hall–Kier alpha value is -3.03. The molecule has 0 spiro atoms. The van der Waals surface area contributed by atoms with Crippen molar-refractivity contribution in [1.82, 2.24) is 5.32 Å². The lowest BCUT2D eigenvalue weighted by Gasteiger charge is -2.33.